The van der Waals surface area contributed by atoms with E-state index in [9.17, 15) is 4.79 Å². The average Bonchev–Trinajstić information content (AvgIpc) is 2.35. The molecule has 0 spiro atoms. The Hall–Kier alpha value is -0.401. The number of allylic oxidation sites excluding steroid dienone is 4. The van der Waals surface area contributed by atoms with Crippen LogP contribution in [0.15, 0.2) is 22.3 Å². The van der Waals surface area contributed by atoms with Crippen LogP contribution in [0.3, 0.4) is 0 Å². The van der Waals surface area contributed by atoms with Crippen molar-refractivity contribution in [2.24, 2.45) is 5.41 Å². The van der Waals surface area contributed by atoms with Crippen molar-refractivity contribution in [3.8, 4) is 0 Å². The molecule has 1 aliphatic rings. The second-order valence-electron chi connectivity index (χ2n) is 4.45. The van der Waals surface area contributed by atoms with E-state index >= 15 is 0 Å². The summed E-state index contributed by atoms with van der Waals surface area (Å²) in [5.74, 6) is -0.140. The Bertz CT molecular complexity index is 340. The van der Waals surface area contributed by atoms with Gasteiger partial charge in [0, 0.05) is 0 Å². The first-order chi connectivity index (χ1) is 6.84. The standard InChI is InChI=1S/C12H18O2.Ir/c1-7-8(2)10(4)12(5,9(7)3)6-11(13)14;/h6H2,1-5H3,(H,13,14);/q;+1/p-1. The molecule has 0 amide bonds. The molecule has 0 fully saturated rings. The topological polar surface area (TPSA) is 26.3 Å². The monoisotopic (exact) mass is 386 g/mol. The number of rotatable bonds is 2. The van der Waals surface area contributed by atoms with Crippen LogP contribution in [-0.2, 0) is 27.6 Å². The van der Waals surface area contributed by atoms with Crippen LogP contribution in [0.4, 0.5) is 0 Å². The molecule has 0 N–H and O–H groups in total. The summed E-state index contributed by atoms with van der Waals surface area (Å²) in [7, 11) is 0. The van der Waals surface area contributed by atoms with Crippen molar-refractivity contribution in [3.05, 3.63) is 22.3 Å². The minimum atomic E-state index is -0.140. The van der Waals surface area contributed by atoms with Gasteiger partial charge in [0.25, 0.3) is 0 Å². The van der Waals surface area contributed by atoms with Crippen LogP contribution in [0.1, 0.15) is 41.0 Å². The fourth-order valence-electron chi connectivity index (χ4n) is 2.25. The van der Waals surface area contributed by atoms with Gasteiger partial charge in [-0.25, -0.2) is 0 Å². The van der Waals surface area contributed by atoms with Crippen LogP contribution in [0.5, 0.6) is 0 Å². The summed E-state index contributed by atoms with van der Waals surface area (Å²) in [4.78, 5) is 11.4. The van der Waals surface area contributed by atoms with Gasteiger partial charge < -0.3 is 0 Å². The molecule has 0 saturated carbocycles. The molecule has 3 heteroatoms. The molecule has 0 saturated heterocycles. The zero-order valence-electron chi connectivity index (χ0n) is 9.86. The van der Waals surface area contributed by atoms with E-state index in [1.807, 2.05) is 0 Å². The molecule has 2 nitrogen and oxygen atoms in total. The van der Waals surface area contributed by atoms with Crippen molar-refractivity contribution in [1.29, 1.82) is 0 Å². The molecular formula is C12H17IrO2. The molecule has 15 heavy (non-hydrogen) atoms. The second-order valence-corrected chi connectivity index (χ2v) is 4.94. The summed E-state index contributed by atoms with van der Waals surface area (Å²) in [5, 5.41) is 0. The van der Waals surface area contributed by atoms with Crippen LogP contribution >= 0.6 is 0 Å². The summed E-state index contributed by atoms with van der Waals surface area (Å²) < 4.78 is 4.76. The normalized spacial score (nSPS) is 19.9. The van der Waals surface area contributed by atoms with E-state index in [1.54, 1.807) is 0 Å². The van der Waals surface area contributed by atoms with Crippen molar-refractivity contribution in [2.45, 2.75) is 41.0 Å². The summed E-state index contributed by atoms with van der Waals surface area (Å²) >= 11 is 1.44. The van der Waals surface area contributed by atoms with E-state index in [2.05, 4.69) is 34.6 Å². The molecule has 0 aromatic heterocycles. The zero-order valence-corrected chi connectivity index (χ0v) is 12.3. The Balaban J connectivity index is 3.10. The number of hydrogen-bond donors (Lipinski definition) is 0. The molecule has 0 unspecified atom stereocenters. The zero-order chi connectivity index (χ0) is 11.8. The average molecular weight is 385 g/mol. The van der Waals surface area contributed by atoms with E-state index in [0.29, 0.717) is 6.42 Å². The molecule has 0 aromatic carbocycles. The number of hydrogen-bond acceptors (Lipinski definition) is 2. The number of carbonyl (C=O) groups is 1. The first-order valence-corrected chi connectivity index (χ1v) is 5.98. The molecule has 0 aromatic rings. The van der Waals surface area contributed by atoms with Crippen LogP contribution in [0.25, 0.3) is 0 Å². The third-order valence-electron chi connectivity index (χ3n) is 3.92. The Kier molecular flexibility index (Phi) is 3.57. The van der Waals surface area contributed by atoms with Gasteiger partial charge in [-0.1, -0.05) is 0 Å². The molecule has 1 rings (SSSR count). The van der Waals surface area contributed by atoms with E-state index in [0.717, 1.165) is 0 Å². The molecule has 86 valence electrons. The molecule has 0 heterocycles. The first-order valence-electron chi connectivity index (χ1n) is 5.00. The quantitative estimate of drug-likeness (QED) is 0.730. The van der Waals surface area contributed by atoms with Gasteiger partial charge in [0.05, 0.1) is 0 Å². The third kappa shape index (κ3) is 1.95. The van der Waals surface area contributed by atoms with Gasteiger partial charge in [-0.15, -0.1) is 0 Å². The predicted octanol–water partition coefficient (Wildman–Crippen LogP) is 3.07. The van der Waals surface area contributed by atoms with Crippen LogP contribution < -0.4 is 0 Å². The van der Waals surface area contributed by atoms with E-state index in [4.69, 9.17) is 3.50 Å². The summed E-state index contributed by atoms with van der Waals surface area (Å²) in [6, 6.07) is 0. The maximum atomic E-state index is 11.4. The molecular weight excluding hydrogens is 368 g/mol. The Labute approximate surface area is 102 Å². The summed E-state index contributed by atoms with van der Waals surface area (Å²) in [6.45, 7) is 10.6. The van der Waals surface area contributed by atoms with Gasteiger partial charge in [0.1, 0.15) is 0 Å². The van der Waals surface area contributed by atoms with Gasteiger partial charge in [-0.2, -0.15) is 0 Å². The van der Waals surface area contributed by atoms with Crippen LogP contribution in [0.2, 0.25) is 0 Å². The van der Waals surface area contributed by atoms with Crippen molar-refractivity contribution in [2.75, 3.05) is 0 Å². The van der Waals surface area contributed by atoms with E-state index in [1.165, 1.54) is 41.6 Å². The minimum absolute atomic E-state index is 0.138. The Morgan fingerprint density at radius 1 is 1.20 bits per heavy atom. The third-order valence-corrected chi connectivity index (χ3v) is 4.46. The van der Waals surface area contributed by atoms with Gasteiger partial charge in [-0.05, 0) is 0 Å². The SMILES string of the molecule is CC1=C(C)C(C)(CC(=O)[O][Ir])C(C)=C1C. The fourth-order valence-corrected chi connectivity index (χ4v) is 2.42. The van der Waals surface area contributed by atoms with Crippen LogP contribution in [-0.4, -0.2) is 5.97 Å². The maximum absolute atomic E-state index is 11.4. The van der Waals surface area contributed by atoms with Crippen molar-refractivity contribution in [1.82, 2.24) is 0 Å². The fraction of sp³-hybridized carbons (Fsp3) is 0.583. The van der Waals surface area contributed by atoms with Crippen LogP contribution in [0, 0.1) is 5.41 Å². The van der Waals surface area contributed by atoms with E-state index < -0.39 is 0 Å². The van der Waals surface area contributed by atoms with E-state index in [-0.39, 0.29) is 11.4 Å². The Morgan fingerprint density at radius 3 is 1.93 bits per heavy atom. The molecule has 0 aliphatic heterocycles. The number of carbonyl (C=O) groups excluding carboxylic acids is 1. The summed E-state index contributed by atoms with van der Waals surface area (Å²) in [6.07, 6.45) is 0.440. The van der Waals surface area contributed by atoms with Gasteiger partial charge in [0.2, 0.25) is 0 Å². The molecule has 0 bridgehead atoms. The molecule has 0 atom stereocenters. The predicted molar refractivity (Wildman–Crippen MR) is 55.6 cm³/mol. The van der Waals surface area contributed by atoms with Crippen molar-refractivity contribution < 1.29 is 27.6 Å². The van der Waals surface area contributed by atoms with Gasteiger partial charge >= 0.3 is 102 Å². The first kappa shape index (κ1) is 12.7. The second kappa shape index (κ2) is 4.23. The van der Waals surface area contributed by atoms with Gasteiger partial charge in [-0.3, -0.25) is 0 Å². The van der Waals surface area contributed by atoms with Crippen molar-refractivity contribution >= 4 is 5.97 Å². The molecule has 0 radical (unpaired) electrons. The van der Waals surface area contributed by atoms with Gasteiger partial charge in [0.15, 0.2) is 0 Å². The summed E-state index contributed by atoms with van der Waals surface area (Å²) in [5.41, 5.74) is 5.09. The van der Waals surface area contributed by atoms with Crippen molar-refractivity contribution in [3.63, 3.8) is 0 Å². The Morgan fingerprint density at radius 2 is 1.60 bits per heavy atom. The molecule has 1 aliphatic carbocycles.